The third kappa shape index (κ3) is 5.12. The second-order valence-electron chi connectivity index (χ2n) is 6.10. The van der Waals surface area contributed by atoms with Crippen molar-refractivity contribution in [3.05, 3.63) is 95.0 Å². The van der Waals surface area contributed by atoms with Crippen LogP contribution in [0.2, 0.25) is 5.02 Å². The van der Waals surface area contributed by atoms with Crippen molar-refractivity contribution in [3.8, 4) is 0 Å². The van der Waals surface area contributed by atoms with Crippen LogP contribution in [0, 0.1) is 0 Å². The molecule has 0 aromatic heterocycles. The number of carbonyl (C=O) groups excluding carboxylic acids is 1. The highest BCUT2D eigenvalue weighted by Crippen LogP contribution is 2.23. The lowest BCUT2D eigenvalue weighted by atomic mass is 10.1. The van der Waals surface area contributed by atoms with Crippen molar-refractivity contribution in [2.45, 2.75) is 11.3 Å². The molecule has 0 heterocycles. The minimum Gasteiger partial charge on any atom is -0.352 e. The second-order valence-corrected chi connectivity index (χ2v) is 8.19. The molecule has 0 saturated heterocycles. The highest BCUT2D eigenvalue weighted by Gasteiger charge is 2.16. The second kappa shape index (κ2) is 8.91. The van der Waals surface area contributed by atoms with Gasteiger partial charge in [0.05, 0.1) is 21.2 Å². The highest BCUT2D eigenvalue weighted by atomic mass is 35.5. The van der Waals surface area contributed by atoms with Crippen molar-refractivity contribution >= 4 is 33.2 Å². The Morgan fingerprint density at radius 1 is 0.893 bits per heavy atom. The summed E-state index contributed by atoms with van der Waals surface area (Å²) in [5.74, 6) is -0.307. The maximum Gasteiger partial charge on any atom is 0.261 e. The largest absolute Gasteiger partial charge is 0.352 e. The van der Waals surface area contributed by atoms with E-state index in [1.54, 1.807) is 18.2 Å². The van der Waals surface area contributed by atoms with Crippen molar-refractivity contribution in [3.63, 3.8) is 0 Å². The van der Waals surface area contributed by atoms with Crippen LogP contribution in [0.25, 0.3) is 0 Å². The quantitative estimate of drug-likeness (QED) is 0.610. The fraction of sp³-hybridized carbons (Fsp3) is 0.0952. The predicted molar refractivity (Wildman–Crippen MR) is 111 cm³/mol. The minimum absolute atomic E-state index is 0.147. The summed E-state index contributed by atoms with van der Waals surface area (Å²) in [6.45, 7) is 0.474. The van der Waals surface area contributed by atoms with Crippen LogP contribution in [0.5, 0.6) is 0 Å². The van der Waals surface area contributed by atoms with Crippen LogP contribution >= 0.6 is 11.6 Å². The van der Waals surface area contributed by atoms with Gasteiger partial charge in [-0.3, -0.25) is 9.52 Å². The lowest BCUT2D eigenvalue weighted by molar-refractivity contribution is 0.0954. The molecule has 5 nitrogen and oxygen atoms in total. The Balaban J connectivity index is 1.64. The summed E-state index contributed by atoms with van der Waals surface area (Å²) in [5, 5.41) is 2.99. The van der Waals surface area contributed by atoms with E-state index in [-0.39, 0.29) is 27.1 Å². The van der Waals surface area contributed by atoms with Crippen molar-refractivity contribution in [1.29, 1.82) is 0 Å². The summed E-state index contributed by atoms with van der Waals surface area (Å²) in [4.78, 5) is 12.5. The average Bonchev–Trinajstić information content (AvgIpc) is 2.69. The molecule has 0 saturated carbocycles. The first-order valence-corrected chi connectivity index (χ1v) is 10.5. The van der Waals surface area contributed by atoms with Crippen LogP contribution in [-0.2, 0) is 16.4 Å². The zero-order valence-electron chi connectivity index (χ0n) is 14.9. The van der Waals surface area contributed by atoms with Gasteiger partial charge in [-0.1, -0.05) is 60.1 Å². The summed E-state index contributed by atoms with van der Waals surface area (Å²) >= 11 is 6.20. The number of sulfonamides is 1. The molecule has 3 rings (SSSR count). The van der Waals surface area contributed by atoms with E-state index in [4.69, 9.17) is 11.6 Å². The molecule has 0 aliphatic rings. The number of carbonyl (C=O) groups is 1. The van der Waals surface area contributed by atoms with Crippen molar-refractivity contribution < 1.29 is 13.2 Å². The van der Waals surface area contributed by atoms with Crippen molar-refractivity contribution in [2.75, 3.05) is 11.3 Å². The van der Waals surface area contributed by atoms with Crippen molar-refractivity contribution in [1.82, 2.24) is 5.32 Å². The Kier molecular flexibility index (Phi) is 6.34. The van der Waals surface area contributed by atoms with Gasteiger partial charge in [-0.25, -0.2) is 8.42 Å². The van der Waals surface area contributed by atoms with E-state index in [0.29, 0.717) is 13.0 Å². The SMILES string of the molecule is O=C(NCCc1ccccc1)c1ccc(NS(=O)(=O)c2ccccc2)cc1Cl. The number of nitrogens with one attached hydrogen (secondary N) is 2. The molecular weight excluding hydrogens is 396 g/mol. The van der Waals surface area contributed by atoms with Gasteiger partial charge >= 0.3 is 0 Å². The van der Waals surface area contributed by atoms with Gasteiger partial charge in [0.2, 0.25) is 0 Å². The number of hydrogen-bond donors (Lipinski definition) is 2. The Morgan fingerprint density at radius 2 is 1.54 bits per heavy atom. The van der Waals surface area contributed by atoms with Gasteiger partial charge in [0, 0.05) is 6.54 Å². The fourth-order valence-corrected chi connectivity index (χ4v) is 3.97. The molecule has 0 atom stereocenters. The number of hydrogen-bond acceptors (Lipinski definition) is 3. The molecular formula is C21H19ClN2O3S. The molecule has 0 fully saturated rings. The lowest BCUT2D eigenvalue weighted by Crippen LogP contribution is -2.26. The van der Waals surface area contributed by atoms with Crippen LogP contribution in [0.3, 0.4) is 0 Å². The fourth-order valence-electron chi connectivity index (χ4n) is 2.64. The van der Waals surface area contributed by atoms with Gasteiger partial charge in [-0.05, 0) is 42.3 Å². The normalized spacial score (nSPS) is 11.0. The average molecular weight is 415 g/mol. The minimum atomic E-state index is -3.72. The first kappa shape index (κ1) is 19.9. The molecule has 0 unspecified atom stereocenters. The van der Waals surface area contributed by atoms with Crippen molar-refractivity contribution in [2.24, 2.45) is 0 Å². The smallest absolute Gasteiger partial charge is 0.261 e. The van der Waals surface area contributed by atoms with Crippen LogP contribution in [0.4, 0.5) is 5.69 Å². The third-order valence-electron chi connectivity index (χ3n) is 4.06. The Labute approximate surface area is 169 Å². The molecule has 0 bridgehead atoms. The van der Waals surface area contributed by atoms with Gasteiger partial charge in [-0.2, -0.15) is 0 Å². The first-order valence-electron chi connectivity index (χ1n) is 8.65. The van der Waals surface area contributed by atoms with E-state index in [9.17, 15) is 13.2 Å². The maximum atomic E-state index is 12.4. The predicted octanol–water partition coefficient (Wildman–Crippen LogP) is 4.11. The Hall–Kier alpha value is -2.83. The summed E-state index contributed by atoms with van der Waals surface area (Å²) in [6, 6.07) is 22.3. The summed E-state index contributed by atoms with van der Waals surface area (Å²) < 4.78 is 27.2. The first-order chi connectivity index (χ1) is 13.5. The number of benzene rings is 3. The van der Waals surface area contributed by atoms with E-state index in [1.807, 2.05) is 30.3 Å². The monoisotopic (exact) mass is 414 g/mol. The zero-order chi connectivity index (χ0) is 20.0. The zero-order valence-corrected chi connectivity index (χ0v) is 16.5. The molecule has 3 aromatic rings. The van der Waals surface area contributed by atoms with E-state index >= 15 is 0 Å². The lowest BCUT2D eigenvalue weighted by Gasteiger charge is -2.11. The maximum absolute atomic E-state index is 12.4. The van der Waals surface area contributed by atoms with E-state index in [1.165, 1.54) is 30.3 Å². The van der Waals surface area contributed by atoms with Crippen LogP contribution in [0.1, 0.15) is 15.9 Å². The molecule has 1 amide bonds. The molecule has 0 spiro atoms. The Bertz CT molecular complexity index is 1060. The molecule has 0 aliphatic heterocycles. The molecule has 2 N–H and O–H groups in total. The van der Waals surface area contributed by atoms with E-state index in [0.717, 1.165) is 5.56 Å². The number of amides is 1. The summed E-state index contributed by atoms with van der Waals surface area (Å²) in [7, 11) is -3.72. The van der Waals surface area contributed by atoms with Crippen LogP contribution < -0.4 is 10.0 Å². The van der Waals surface area contributed by atoms with Gasteiger partial charge in [0.15, 0.2) is 0 Å². The van der Waals surface area contributed by atoms with Gasteiger partial charge in [0.25, 0.3) is 15.9 Å². The molecule has 0 aliphatic carbocycles. The van der Waals surface area contributed by atoms with Gasteiger partial charge in [-0.15, -0.1) is 0 Å². The van der Waals surface area contributed by atoms with Crippen LogP contribution in [-0.4, -0.2) is 20.9 Å². The number of anilines is 1. The third-order valence-corrected chi connectivity index (χ3v) is 5.77. The van der Waals surface area contributed by atoms with E-state index in [2.05, 4.69) is 10.0 Å². The summed E-state index contributed by atoms with van der Waals surface area (Å²) in [6.07, 6.45) is 0.707. The van der Waals surface area contributed by atoms with Gasteiger partial charge < -0.3 is 5.32 Å². The highest BCUT2D eigenvalue weighted by molar-refractivity contribution is 7.92. The topological polar surface area (TPSA) is 75.3 Å². The molecule has 7 heteroatoms. The number of halogens is 1. The molecule has 0 radical (unpaired) electrons. The molecule has 28 heavy (non-hydrogen) atoms. The molecule has 144 valence electrons. The van der Waals surface area contributed by atoms with Crippen LogP contribution in [0.15, 0.2) is 83.8 Å². The number of rotatable bonds is 7. The standard InChI is InChI=1S/C21H19ClN2O3S/c22-20-15-17(24-28(26,27)18-9-5-2-6-10-18)11-12-19(20)21(25)23-14-13-16-7-3-1-4-8-16/h1-12,15,24H,13-14H2,(H,23,25). The van der Waals surface area contributed by atoms with E-state index < -0.39 is 10.0 Å². The summed E-state index contributed by atoms with van der Waals surface area (Å²) in [5.41, 5.74) is 1.70. The van der Waals surface area contributed by atoms with Gasteiger partial charge in [0.1, 0.15) is 0 Å². The Morgan fingerprint density at radius 3 is 2.18 bits per heavy atom. The molecule has 3 aromatic carbocycles.